The zero-order valence-electron chi connectivity index (χ0n) is 13.7. The van der Waals surface area contributed by atoms with Crippen molar-refractivity contribution in [2.45, 2.75) is 13.5 Å². The molecule has 0 spiro atoms. The van der Waals surface area contributed by atoms with E-state index < -0.39 is 0 Å². The van der Waals surface area contributed by atoms with Crippen molar-refractivity contribution in [3.05, 3.63) is 60.0 Å². The van der Waals surface area contributed by atoms with Gasteiger partial charge < -0.3 is 19.2 Å². The summed E-state index contributed by atoms with van der Waals surface area (Å²) in [6, 6.07) is 11.2. The Hall–Kier alpha value is -3.02. The van der Waals surface area contributed by atoms with Crippen LogP contribution >= 0.6 is 0 Å². The van der Waals surface area contributed by atoms with Crippen molar-refractivity contribution in [1.82, 2.24) is 14.7 Å². The highest BCUT2D eigenvalue weighted by molar-refractivity contribution is 5.77. The first-order valence-corrected chi connectivity index (χ1v) is 7.63. The Labute approximate surface area is 140 Å². The summed E-state index contributed by atoms with van der Waals surface area (Å²) in [7, 11) is 1.56. The molecule has 0 saturated carbocycles. The molecule has 6 heteroatoms. The first-order valence-electron chi connectivity index (χ1n) is 7.63. The molecule has 1 amide bonds. The molecule has 0 aliphatic carbocycles. The molecule has 3 rings (SSSR count). The van der Waals surface area contributed by atoms with Crippen LogP contribution in [-0.4, -0.2) is 29.0 Å². The number of fused-ring (bicyclic) bond motifs is 1. The van der Waals surface area contributed by atoms with Crippen molar-refractivity contribution in [2.75, 3.05) is 13.7 Å². The molecule has 1 aromatic carbocycles. The van der Waals surface area contributed by atoms with Gasteiger partial charge in [-0.05, 0) is 30.7 Å². The topological polar surface area (TPSA) is 64.9 Å². The van der Waals surface area contributed by atoms with Crippen molar-refractivity contribution >= 4 is 11.6 Å². The number of methoxy groups -OCH3 is 1. The summed E-state index contributed by atoms with van der Waals surface area (Å²) in [5.74, 6) is 0.925. The first-order chi connectivity index (χ1) is 11.7. The number of rotatable bonds is 6. The molecule has 0 radical (unpaired) electrons. The molecule has 0 bridgehead atoms. The number of nitrogens with zero attached hydrogens (tertiary/aromatic N) is 2. The summed E-state index contributed by atoms with van der Waals surface area (Å²) >= 11 is 0. The summed E-state index contributed by atoms with van der Waals surface area (Å²) in [4.78, 5) is 16.5. The number of carbonyl (C=O) groups is 1. The number of amides is 1. The monoisotopic (exact) mass is 325 g/mol. The van der Waals surface area contributed by atoms with Crippen LogP contribution in [0.1, 0.15) is 11.3 Å². The van der Waals surface area contributed by atoms with Crippen molar-refractivity contribution in [3.8, 4) is 11.5 Å². The minimum Gasteiger partial charge on any atom is -0.493 e. The lowest BCUT2D eigenvalue weighted by Crippen LogP contribution is -2.28. The number of hydrogen-bond acceptors (Lipinski definition) is 4. The van der Waals surface area contributed by atoms with Crippen molar-refractivity contribution < 1.29 is 14.3 Å². The fourth-order valence-electron chi connectivity index (χ4n) is 2.41. The number of carbonyl (C=O) groups excluding carboxylic acids is 1. The predicted octanol–water partition coefficient (Wildman–Crippen LogP) is 2.35. The van der Waals surface area contributed by atoms with Crippen molar-refractivity contribution in [1.29, 1.82) is 0 Å². The molecule has 0 unspecified atom stereocenters. The molecule has 2 aromatic heterocycles. The van der Waals surface area contributed by atoms with Crippen LogP contribution < -0.4 is 14.8 Å². The number of hydrogen-bond donors (Lipinski definition) is 1. The fourth-order valence-corrected chi connectivity index (χ4v) is 2.41. The number of para-hydroxylation sites is 2. The van der Waals surface area contributed by atoms with Gasteiger partial charge in [0.15, 0.2) is 18.1 Å². The van der Waals surface area contributed by atoms with Gasteiger partial charge in [-0.2, -0.15) is 0 Å². The molecule has 2 heterocycles. The highest BCUT2D eigenvalue weighted by atomic mass is 16.5. The van der Waals surface area contributed by atoms with Gasteiger partial charge in [0.05, 0.1) is 19.3 Å². The standard InChI is InChI=1S/C18H19N3O3/c1-13-6-5-9-21-11-14(20-18(13)21)10-19-17(22)12-24-16-8-4-3-7-15(16)23-2/h3-9,11H,10,12H2,1-2H3,(H,19,22). The van der Waals surface area contributed by atoms with Gasteiger partial charge >= 0.3 is 0 Å². The highest BCUT2D eigenvalue weighted by Crippen LogP contribution is 2.25. The Morgan fingerprint density at radius 1 is 1.21 bits per heavy atom. The van der Waals surface area contributed by atoms with E-state index in [1.54, 1.807) is 19.2 Å². The van der Waals surface area contributed by atoms with Gasteiger partial charge in [0, 0.05) is 12.4 Å². The molecular formula is C18H19N3O3. The SMILES string of the molecule is COc1ccccc1OCC(=O)NCc1cn2cccc(C)c2n1. The van der Waals surface area contributed by atoms with Gasteiger partial charge in [-0.3, -0.25) is 4.79 Å². The van der Waals surface area contributed by atoms with E-state index in [1.165, 1.54) is 0 Å². The van der Waals surface area contributed by atoms with Gasteiger partial charge in [-0.1, -0.05) is 18.2 Å². The van der Waals surface area contributed by atoms with E-state index in [0.29, 0.717) is 18.0 Å². The van der Waals surface area contributed by atoms with Crippen molar-refractivity contribution in [3.63, 3.8) is 0 Å². The predicted molar refractivity (Wildman–Crippen MR) is 90.3 cm³/mol. The van der Waals surface area contributed by atoms with E-state index >= 15 is 0 Å². The maximum Gasteiger partial charge on any atom is 0.258 e. The largest absolute Gasteiger partial charge is 0.493 e. The Morgan fingerprint density at radius 3 is 2.75 bits per heavy atom. The van der Waals surface area contributed by atoms with Crippen molar-refractivity contribution in [2.24, 2.45) is 0 Å². The maximum atomic E-state index is 12.0. The maximum absolute atomic E-state index is 12.0. The quantitative estimate of drug-likeness (QED) is 0.755. The minimum absolute atomic E-state index is 0.0766. The van der Waals surface area contributed by atoms with E-state index in [4.69, 9.17) is 9.47 Å². The van der Waals surface area contributed by atoms with Crippen LogP contribution in [0.3, 0.4) is 0 Å². The van der Waals surface area contributed by atoms with Crippen LogP contribution in [-0.2, 0) is 11.3 Å². The average molecular weight is 325 g/mol. The van der Waals surface area contributed by atoms with E-state index in [9.17, 15) is 4.79 Å². The van der Waals surface area contributed by atoms with Gasteiger partial charge in [0.1, 0.15) is 5.65 Å². The van der Waals surface area contributed by atoms with Gasteiger partial charge in [0.25, 0.3) is 5.91 Å². The lowest BCUT2D eigenvalue weighted by Gasteiger charge is -2.10. The van der Waals surface area contributed by atoms with Gasteiger partial charge in [-0.25, -0.2) is 4.98 Å². The summed E-state index contributed by atoms with van der Waals surface area (Å²) in [5, 5.41) is 2.81. The Balaban J connectivity index is 1.56. The number of benzene rings is 1. The third-order valence-electron chi connectivity index (χ3n) is 3.62. The molecule has 6 nitrogen and oxygen atoms in total. The third kappa shape index (κ3) is 3.48. The van der Waals surface area contributed by atoms with Crippen LogP contribution in [0.2, 0.25) is 0 Å². The zero-order chi connectivity index (χ0) is 16.9. The number of nitrogens with one attached hydrogen (secondary N) is 1. The van der Waals surface area contributed by atoms with E-state index in [-0.39, 0.29) is 12.5 Å². The molecule has 24 heavy (non-hydrogen) atoms. The van der Waals surface area contributed by atoms with E-state index in [0.717, 1.165) is 16.9 Å². The summed E-state index contributed by atoms with van der Waals surface area (Å²) in [6.45, 7) is 2.29. The second-order valence-electron chi connectivity index (χ2n) is 5.37. The van der Waals surface area contributed by atoms with Crippen LogP contribution in [0.15, 0.2) is 48.8 Å². The van der Waals surface area contributed by atoms with Crippen LogP contribution in [0, 0.1) is 6.92 Å². The molecule has 124 valence electrons. The molecule has 0 saturated heterocycles. The summed E-state index contributed by atoms with van der Waals surface area (Å²) in [6.07, 6.45) is 3.84. The van der Waals surface area contributed by atoms with Gasteiger partial charge in [0.2, 0.25) is 0 Å². The molecule has 0 fully saturated rings. The summed E-state index contributed by atoms with van der Waals surface area (Å²) in [5.41, 5.74) is 2.79. The zero-order valence-corrected chi connectivity index (χ0v) is 13.7. The molecule has 1 N–H and O–H groups in total. The number of pyridine rings is 1. The van der Waals surface area contributed by atoms with Gasteiger partial charge in [-0.15, -0.1) is 0 Å². The fraction of sp³-hybridized carbons (Fsp3) is 0.222. The lowest BCUT2D eigenvalue weighted by atomic mass is 10.3. The summed E-state index contributed by atoms with van der Waals surface area (Å²) < 4.78 is 12.6. The Bertz CT molecular complexity index is 858. The first kappa shape index (κ1) is 15.9. The molecule has 0 aliphatic rings. The number of imidazole rings is 1. The Kier molecular flexibility index (Phi) is 4.65. The number of aryl methyl sites for hydroxylation is 1. The molecule has 3 aromatic rings. The second-order valence-corrected chi connectivity index (χ2v) is 5.37. The average Bonchev–Trinajstić information content (AvgIpc) is 3.03. The smallest absolute Gasteiger partial charge is 0.258 e. The highest BCUT2D eigenvalue weighted by Gasteiger charge is 2.08. The van der Waals surface area contributed by atoms with Crippen LogP contribution in [0.4, 0.5) is 0 Å². The van der Waals surface area contributed by atoms with E-state index in [1.807, 2.05) is 48.0 Å². The van der Waals surface area contributed by atoms with Crippen LogP contribution in [0.25, 0.3) is 5.65 Å². The number of aromatic nitrogens is 2. The molecule has 0 aliphatic heterocycles. The lowest BCUT2D eigenvalue weighted by molar-refractivity contribution is -0.123. The van der Waals surface area contributed by atoms with E-state index in [2.05, 4.69) is 10.3 Å². The molecule has 0 atom stereocenters. The second kappa shape index (κ2) is 7.04. The molecular weight excluding hydrogens is 306 g/mol. The number of ether oxygens (including phenoxy) is 2. The van der Waals surface area contributed by atoms with Crippen LogP contribution in [0.5, 0.6) is 11.5 Å². The minimum atomic E-state index is -0.213. The Morgan fingerprint density at radius 2 is 2.00 bits per heavy atom. The normalized spacial score (nSPS) is 10.6. The third-order valence-corrected chi connectivity index (χ3v) is 3.62.